The Bertz CT molecular complexity index is 227. The van der Waals surface area contributed by atoms with Crippen LogP contribution in [0, 0.1) is 0 Å². The zero-order valence-electron chi connectivity index (χ0n) is 6.73. The lowest BCUT2D eigenvalue weighted by atomic mass is 10.1. The zero-order chi connectivity index (χ0) is 8.55. The molecule has 2 aliphatic heterocycles. The van der Waals surface area contributed by atoms with E-state index in [9.17, 15) is 4.79 Å². The minimum absolute atomic E-state index is 0.410. The number of carboxylic acid groups (broad SMARTS) is 1. The van der Waals surface area contributed by atoms with E-state index in [2.05, 4.69) is 5.32 Å². The van der Waals surface area contributed by atoms with Crippen molar-refractivity contribution in [3.8, 4) is 0 Å². The molecule has 2 N–H and O–H groups in total. The average molecular weight is 168 g/mol. The maximum atomic E-state index is 10.8. The highest BCUT2D eigenvalue weighted by atomic mass is 16.4. The molecule has 12 heavy (non-hydrogen) atoms. The Hall–Kier alpha value is -1.03. The standard InChI is InChI=1S/C8H12N2O2/c11-8(12)7-9-4-3-6-2-1-5-10(6)7/h1,5-7,9H,2-4H2,(H,11,12). The van der Waals surface area contributed by atoms with Gasteiger partial charge in [0, 0.05) is 6.04 Å². The fraction of sp³-hybridized carbons (Fsp3) is 0.625. The Labute approximate surface area is 70.9 Å². The topological polar surface area (TPSA) is 52.6 Å². The van der Waals surface area contributed by atoms with Crippen molar-refractivity contribution < 1.29 is 9.90 Å². The summed E-state index contributed by atoms with van der Waals surface area (Å²) in [5, 5.41) is 11.8. The number of hydrogen-bond donors (Lipinski definition) is 2. The first-order chi connectivity index (χ1) is 5.79. The first kappa shape index (κ1) is 7.61. The highest BCUT2D eigenvalue weighted by Gasteiger charge is 2.33. The predicted molar refractivity (Wildman–Crippen MR) is 43.4 cm³/mol. The van der Waals surface area contributed by atoms with Crippen molar-refractivity contribution in [1.82, 2.24) is 10.2 Å². The van der Waals surface area contributed by atoms with Crippen molar-refractivity contribution in [2.24, 2.45) is 0 Å². The highest BCUT2D eigenvalue weighted by Crippen LogP contribution is 2.22. The van der Waals surface area contributed by atoms with Crippen molar-refractivity contribution in [3.05, 3.63) is 12.3 Å². The summed E-state index contributed by atoms with van der Waals surface area (Å²) in [6.45, 7) is 0.805. The lowest BCUT2D eigenvalue weighted by Gasteiger charge is -2.36. The third-order valence-electron chi connectivity index (χ3n) is 2.45. The molecule has 4 heteroatoms. The Morgan fingerprint density at radius 3 is 3.25 bits per heavy atom. The molecule has 0 aromatic rings. The van der Waals surface area contributed by atoms with E-state index in [1.54, 1.807) is 0 Å². The van der Waals surface area contributed by atoms with Crippen molar-refractivity contribution >= 4 is 5.97 Å². The molecule has 2 heterocycles. The molecule has 2 aliphatic rings. The van der Waals surface area contributed by atoms with Crippen molar-refractivity contribution in [2.45, 2.75) is 25.0 Å². The number of fused-ring (bicyclic) bond motifs is 1. The van der Waals surface area contributed by atoms with Gasteiger partial charge in [0.05, 0.1) is 0 Å². The predicted octanol–water partition coefficient (Wildman–Crippen LogP) is -0.0216. The fourth-order valence-corrected chi connectivity index (χ4v) is 1.85. The van der Waals surface area contributed by atoms with E-state index in [4.69, 9.17) is 5.11 Å². The molecular weight excluding hydrogens is 156 g/mol. The molecule has 0 radical (unpaired) electrons. The zero-order valence-corrected chi connectivity index (χ0v) is 6.73. The Morgan fingerprint density at radius 1 is 1.67 bits per heavy atom. The van der Waals surface area contributed by atoms with E-state index < -0.39 is 12.1 Å². The van der Waals surface area contributed by atoms with Crippen molar-refractivity contribution in [1.29, 1.82) is 0 Å². The van der Waals surface area contributed by atoms with Crippen LogP contribution in [0.1, 0.15) is 12.8 Å². The summed E-state index contributed by atoms with van der Waals surface area (Å²) in [4.78, 5) is 12.7. The molecule has 0 bridgehead atoms. The maximum absolute atomic E-state index is 10.8. The number of nitrogens with zero attached hydrogens (tertiary/aromatic N) is 1. The van der Waals surface area contributed by atoms with Crippen molar-refractivity contribution in [3.63, 3.8) is 0 Å². The molecule has 66 valence electrons. The van der Waals surface area contributed by atoms with Gasteiger partial charge in [0.1, 0.15) is 0 Å². The summed E-state index contributed by atoms with van der Waals surface area (Å²) in [6, 6.07) is 0.410. The molecule has 0 aliphatic carbocycles. The van der Waals surface area contributed by atoms with E-state index in [0.717, 1.165) is 19.4 Å². The first-order valence-corrected chi connectivity index (χ1v) is 4.19. The molecular formula is C8H12N2O2. The molecule has 1 saturated heterocycles. The quantitative estimate of drug-likeness (QED) is 0.577. The third-order valence-corrected chi connectivity index (χ3v) is 2.45. The van der Waals surface area contributed by atoms with Gasteiger partial charge in [0.15, 0.2) is 6.17 Å². The molecule has 1 fully saturated rings. The van der Waals surface area contributed by atoms with E-state index >= 15 is 0 Å². The summed E-state index contributed by atoms with van der Waals surface area (Å²) < 4.78 is 0. The van der Waals surface area contributed by atoms with Crippen LogP contribution in [0.25, 0.3) is 0 Å². The molecule has 2 unspecified atom stereocenters. The van der Waals surface area contributed by atoms with Crippen molar-refractivity contribution in [2.75, 3.05) is 6.54 Å². The fourth-order valence-electron chi connectivity index (χ4n) is 1.85. The summed E-state index contributed by atoms with van der Waals surface area (Å²) in [5.41, 5.74) is 0. The van der Waals surface area contributed by atoms with Gasteiger partial charge in [-0.05, 0) is 25.6 Å². The summed E-state index contributed by atoms with van der Waals surface area (Å²) >= 11 is 0. The lowest BCUT2D eigenvalue weighted by Crippen LogP contribution is -2.56. The minimum atomic E-state index is -0.786. The molecule has 0 spiro atoms. The van der Waals surface area contributed by atoms with Crippen LogP contribution in [0.5, 0.6) is 0 Å². The SMILES string of the molecule is O=C(O)C1NCCC2CC=CN21. The smallest absolute Gasteiger partial charge is 0.341 e. The van der Waals surface area contributed by atoms with Gasteiger partial charge in [-0.15, -0.1) is 0 Å². The number of aliphatic carboxylic acids is 1. The van der Waals surface area contributed by atoms with Gasteiger partial charge >= 0.3 is 5.97 Å². The molecule has 4 nitrogen and oxygen atoms in total. The van der Waals surface area contributed by atoms with Gasteiger partial charge in [-0.1, -0.05) is 6.08 Å². The number of hydrogen-bond acceptors (Lipinski definition) is 3. The van der Waals surface area contributed by atoms with Crippen LogP contribution in [0.4, 0.5) is 0 Å². The van der Waals surface area contributed by atoms with Gasteiger partial charge in [0.25, 0.3) is 0 Å². The maximum Gasteiger partial charge on any atom is 0.341 e. The third kappa shape index (κ3) is 1.08. The van der Waals surface area contributed by atoms with E-state index in [0.29, 0.717) is 6.04 Å². The van der Waals surface area contributed by atoms with Crippen LogP contribution in [-0.2, 0) is 4.79 Å². The van der Waals surface area contributed by atoms with Gasteiger partial charge in [-0.3, -0.25) is 5.32 Å². The van der Waals surface area contributed by atoms with Crippen LogP contribution >= 0.6 is 0 Å². The van der Waals surface area contributed by atoms with Crippen LogP contribution in [0.2, 0.25) is 0 Å². The normalized spacial score (nSPS) is 33.5. The summed E-state index contributed by atoms with van der Waals surface area (Å²) in [6.07, 6.45) is 5.44. The van der Waals surface area contributed by atoms with E-state index in [1.165, 1.54) is 0 Å². The van der Waals surface area contributed by atoms with Gasteiger partial charge < -0.3 is 10.0 Å². The van der Waals surface area contributed by atoms with Crippen LogP contribution < -0.4 is 5.32 Å². The molecule has 2 atom stereocenters. The highest BCUT2D eigenvalue weighted by molar-refractivity contribution is 5.73. The van der Waals surface area contributed by atoms with Gasteiger partial charge in [-0.25, -0.2) is 4.79 Å². The van der Waals surface area contributed by atoms with Crippen LogP contribution in [-0.4, -0.2) is 34.7 Å². The van der Waals surface area contributed by atoms with Gasteiger partial charge in [0.2, 0.25) is 0 Å². The molecule has 0 amide bonds. The van der Waals surface area contributed by atoms with Gasteiger partial charge in [-0.2, -0.15) is 0 Å². The number of rotatable bonds is 1. The monoisotopic (exact) mass is 168 g/mol. The Balaban J connectivity index is 2.13. The summed E-state index contributed by atoms with van der Waals surface area (Å²) in [7, 11) is 0. The Morgan fingerprint density at radius 2 is 2.50 bits per heavy atom. The second-order valence-electron chi connectivity index (χ2n) is 3.21. The van der Waals surface area contributed by atoms with Crippen LogP contribution in [0.3, 0.4) is 0 Å². The molecule has 0 aromatic carbocycles. The second kappa shape index (κ2) is 2.79. The Kier molecular flexibility index (Phi) is 1.77. The molecule has 0 saturated carbocycles. The van der Waals surface area contributed by atoms with E-state index in [-0.39, 0.29) is 0 Å². The number of carboxylic acids is 1. The largest absolute Gasteiger partial charge is 0.479 e. The first-order valence-electron chi connectivity index (χ1n) is 4.19. The average Bonchev–Trinajstić information content (AvgIpc) is 2.49. The number of nitrogens with one attached hydrogen (secondary N) is 1. The molecule has 0 aromatic heterocycles. The minimum Gasteiger partial charge on any atom is -0.479 e. The molecule has 2 rings (SSSR count). The van der Waals surface area contributed by atoms with Crippen LogP contribution in [0.15, 0.2) is 12.3 Å². The summed E-state index contributed by atoms with van der Waals surface area (Å²) in [5.74, 6) is -0.786. The number of carbonyl (C=O) groups is 1. The lowest BCUT2D eigenvalue weighted by molar-refractivity contribution is -0.145. The van der Waals surface area contributed by atoms with E-state index in [1.807, 2.05) is 17.2 Å². The second-order valence-corrected chi connectivity index (χ2v) is 3.21.